The van der Waals surface area contributed by atoms with Gasteiger partial charge in [0, 0.05) is 15.6 Å². The van der Waals surface area contributed by atoms with Crippen LogP contribution in [0.4, 0.5) is 4.39 Å². The average molecular weight is 283 g/mol. The first kappa shape index (κ1) is 11.0. The molecule has 1 aromatic heterocycles. The predicted octanol–water partition coefficient (Wildman–Crippen LogP) is 2.54. The van der Waals surface area contributed by atoms with Crippen molar-refractivity contribution in [3.05, 3.63) is 39.7 Å². The second-order valence-corrected chi connectivity index (χ2v) is 4.37. The maximum absolute atomic E-state index is 13.6. The van der Waals surface area contributed by atoms with Crippen LogP contribution in [0.25, 0.3) is 10.9 Å². The van der Waals surface area contributed by atoms with Crippen LogP contribution < -0.4 is 5.73 Å². The van der Waals surface area contributed by atoms with E-state index in [1.54, 1.807) is 19.1 Å². The van der Waals surface area contributed by atoms with Crippen LogP contribution in [0.5, 0.6) is 0 Å². The molecule has 2 N–H and O–H groups in total. The third-order valence-corrected chi connectivity index (χ3v) is 2.68. The fourth-order valence-corrected chi connectivity index (χ4v) is 2.01. The van der Waals surface area contributed by atoms with Crippen molar-refractivity contribution in [1.82, 2.24) is 4.98 Å². The van der Waals surface area contributed by atoms with Crippen LogP contribution in [0.15, 0.2) is 22.7 Å². The van der Waals surface area contributed by atoms with E-state index in [9.17, 15) is 9.18 Å². The molecule has 0 atom stereocenters. The number of carbonyl (C=O) groups is 1. The molecule has 0 aliphatic rings. The Labute approximate surface area is 99.6 Å². The number of carbonyl (C=O) groups excluding carboxylic acids is 1. The van der Waals surface area contributed by atoms with Gasteiger partial charge < -0.3 is 5.73 Å². The van der Waals surface area contributed by atoms with E-state index in [4.69, 9.17) is 5.73 Å². The highest BCUT2D eigenvalue weighted by molar-refractivity contribution is 9.10. The first-order valence-electron chi connectivity index (χ1n) is 4.55. The smallest absolute Gasteiger partial charge is 0.249 e. The van der Waals surface area contributed by atoms with Gasteiger partial charge in [0.2, 0.25) is 5.91 Å². The molecule has 0 bridgehead atoms. The number of rotatable bonds is 1. The number of hydrogen-bond donors (Lipinski definition) is 1. The van der Waals surface area contributed by atoms with Gasteiger partial charge in [0.05, 0.1) is 5.56 Å². The minimum atomic E-state index is -0.590. The molecule has 2 aromatic rings. The maximum atomic E-state index is 13.6. The van der Waals surface area contributed by atoms with Gasteiger partial charge in [0.1, 0.15) is 5.52 Å². The van der Waals surface area contributed by atoms with Gasteiger partial charge >= 0.3 is 0 Å². The molecule has 16 heavy (non-hydrogen) atoms. The summed E-state index contributed by atoms with van der Waals surface area (Å²) in [5, 5.41) is 0.421. The molecule has 1 heterocycles. The Morgan fingerprint density at radius 3 is 2.75 bits per heavy atom. The summed E-state index contributed by atoms with van der Waals surface area (Å²) >= 11 is 3.17. The quantitative estimate of drug-likeness (QED) is 0.874. The number of amides is 1. The summed E-state index contributed by atoms with van der Waals surface area (Å²) in [6.45, 7) is 1.69. The lowest BCUT2D eigenvalue weighted by Crippen LogP contribution is -2.12. The fourth-order valence-electron chi connectivity index (χ4n) is 1.58. The van der Waals surface area contributed by atoms with Crippen molar-refractivity contribution < 1.29 is 9.18 Å². The number of benzene rings is 1. The van der Waals surface area contributed by atoms with Crippen LogP contribution in [0.2, 0.25) is 0 Å². The van der Waals surface area contributed by atoms with Gasteiger partial charge in [-0.1, -0.05) is 15.9 Å². The molecule has 0 saturated heterocycles. The van der Waals surface area contributed by atoms with Crippen LogP contribution in [-0.4, -0.2) is 10.9 Å². The standard InChI is InChI=1S/C11H8BrFN2O/c1-5-2-8(11(14)16)7-3-6(12)4-9(13)10(7)15-5/h2-4H,1H3,(H2,14,16). The zero-order chi connectivity index (χ0) is 11.9. The molecule has 0 aliphatic heterocycles. The Kier molecular flexibility index (Phi) is 2.63. The van der Waals surface area contributed by atoms with Crippen LogP contribution in [0.1, 0.15) is 16.1 Å². The monoisotopic (exact) mass is 282 g/mol. The Hall–Kier alpha value is -1.49. The number of fused-ring (bicyclic) bond motifs is 1. The topological polar surface area (TPSA) is 56.0 Å². The molecular weight excluding hydrogens is 275 g/mol. The van der Waals surface area contributed by atoms with Gasteiger partial charge in [-0.15, -0.1) is 0 Å². The molecule has 0 saturated carbocycles. The van der Waals surface area contributed by atoms with Crippen molar-refractivity contribution in [2.75, 3.05) is 0 Å². The number of aryl methyl sites for hydroxylation is 1. The number of primary amides is 1. The maximum Gasteiger partial charge on any atom is 0.249 e. The number of nitrogens with zero attached hydrogens (tertiary/aromatic N) is 1. The van der Waals surface area contributed by atoms with E-state index in [-0.39, 0.29) is 11.1 Å². The zero-order valence-electron chi connectivity index (χ0n) is 8.42. The van der Waals surface area contributed by atoms with Crippen LogP contribution in [0.3, 0.4) is 0 Å². The average Bonchev–Trinajstić information content (AvgIpc) is 2.18. The molecule has 3 nitrogen and oxygen atoms in total. The summed E-state index contributed by atoms with van der Waals surface area (Å²) in [4.78, 5) is 15.3. The SMILES string of the molecule is Cc1cc(C(N)=O)c2cc(Br)cc(F)c2n1. The van der Waals surface area contributed by atoms with E-state index in [0.717, 1.165) is 0 Å². The normalized spacial score (nSPS) is 10.7. The van der Waals surface area contributed by atoms with Gasteiger partial charge in [0.15, 0.2) is 5.82 Å². The van der Waals surface area contributed by atoms with E-state index < -0.39 is 11.7 Å². The summed E-state index contributed by atoms with van der Waals surface area (Å²) in [6, 6.07) is 4.49. The van der Waals surface area contributed by atoms with Gasteiger partial charge in [-0.2, -0.15) is 0 Å². The fraction of sp³-hybridized carbons (Fsp3) is 0.0909. The number of aromatic nitrogens is 1. The van der Waals surface area contributed by atoms with Crippen LogP contribution >= 0.6 is 15.9 Å². The molecule has 2 rings (SSSR count). The van der Waals surface area contributed by atoms with E-state index in [2.05, 4.69) is 20.9 Å². The molecular formula is C11H8BrFN2O. The second kappa shape index (κ2) is 3.83. The van der Waals surface area contributed by atoms with Gasteiger partial charge in [-0.25, -0.2) is 9.37 Å². The Balaban J connectivity index is 2.95. The summed E-state index contributed by atoms with van der Waals surface area (Å²) in [7, 11) is 0. The number of pyridine rings is 1. The van der Waals surface area contributed by atoms with Crippen molar-refractivity contribution in [1.29, 1.82) is 0 Å². The van der Waals surface area contributed by atoms with Crippen molar-refractivity contribution in [3.8, 4) is 0 Å². The molecule has 0 unspecified atom stereocenters. The summed E-state index contributed by atoms with van der Waals surface area (Å²) in [5.74, 6) is -1.07. The number of halogens is 2. The lowest BCUT2D eigenvalue weighted by atomic mass is 10.1. The largest absolute Gasteiger partial charge is 0.366 e. The minimum Gasteiger partial charge on any atom is -0.366 e. The summed E-state index contributed by atoms with van der Waals surface area (Å²) in [5.41, 5.74) is 6.25. The van der Waals surface area contributed by atoms with Gasteiger partial charge in [0.25, 0.3) is 0 Å². The molecule has 1 amide bonds. The Bertz CT molecular complexity index is 598. The van der Waals surface area contributed by atoms with Gasteiger partial charge in [-0.05, 0) is 25.1 Å². The highest BCUT2D eigenvalue weighted by Crippen LogP contribution is 2.25. The summed E-state index contributed by atoms with van der Waals surface area (Å²) in [6.07, 6.45) is 0. The number of hydrogen-bond acceptors (Lipinski definition) is 2. The summed E-state index contributed by atoms with van der Waals surface area (Å²) < 4.78 is 14.2. The highest BCUT2D eigenvalue weighted by Gasteiger charge is 2.12. The lowest BCUT2D eigenvalue weighted by Gasteiger charge is -2.06. The second-order valence-electron chi connectivity index (χ2n) is 3.46. The molecule has 0 fully saturated rings. The zero-order valence-corrected chi connectivity index (χ0v) is 10.0. The third-order valence-electron chi connectivity index (χ3n) is 2.23. The van der Waals surface area contributed by atoms with Crippen LogP contribution in [-0.2, 0) is 0 Å². The first-order valence-corrected chi connectivity index (χ1v) is 5.34. The molecule has 82 valence electrons. The van der Waals surface area contributed by atoms with E-state index >= 15 is 0 Å². The van der Waals surface area contributed by atoms with Crippen molar-refractivity contribution in [3.63, 3.8) is 0 Å². The molecule has 0 aliphatic carbocycles. The molecule has 0 radical (unpaired) electrons. The van der Waals surface area contributed by atoms with E-state index in [1.165, 1.54) is 6.07 Å². The Morgan fingerprint density at radius 2 is 2.12 bits per heavy atom. The highest BCUT2D eigenvalue weighted by atomic mass is 79.9. The molecule has 0 spiro atoms. The Morgan fingerprint density at radius 1 is 1.44 bits per heavy atom. The third kappa shape index (κ3) is 1.78. The van der Waals surface area contributed by atoms with E-state index in [0.29, 0.717) is 15.6 Å². The van der Waals surface area contributed by atoms with Crippen molar-refractivity contribution >= 4 is 32.7 Å². The number of nitrogens with two attached hydrogens (primary N) is 1. The first-order chi connectivity index (χ1) is 7.49. The van der Waals surface area contributed by atoms with Crippen molar-refractivity contribution in [2.24, 2.45) is 5.73 Å². The lowest BCUT2D eigenvalue weighted by molar-refractivity contribution is 0.100. The van der Waals surface area contributed by atoms with E-state index in [1.807, 2.05) is 0 Å². The van der Waals surface area contributed by atoms with Crippen molar-refractivity contribution in [2.45, 2.75) is 6.92 Å². The molecule has 5 heteroatoms. The molecule has 1 aromatic carbocycles. The minimum absolute atomic E-state index is 0.164. The predicted molar refractivity (Wildman–Crippen MR) is 62.7 cm³/mol. The van der Waals surface area contributed by atoms with Crippen LogP contribution in [0, 0.1) is 12.7 Å². The van der Waals surface area contributed by atoms with Gasteiger partial charge in [-0.3, -0.25) is 4.79 Å².